The van der Waals surface area contributed by atoms with E-state index in [2.05, 4.69) is 0 Å². The number of rotatable bonds is 2. The van der Waals surface area contributed by atoms with E-state index in [4.69, 9.17) is 17.2 Å². The number of aliphatic hydroxyl groups excluding tert-OH is 1. The Balaban J connectivity index is 2.23. The van der Waals surface area contributed by atoms with Gasteiger partial charge in [-0.25, -0.2) is 0 Å². The van der Waals surface area contributed by atoms with Crippen LogP contribution in [0, 0.1) is 0 Å². The molecule has 0 radical (unpaired) electrons. The predicted octanol–water partition coefficient (Wildman–Crippen LogP) is -0.896. The molecule has 7 N–H and O–H groups in total. The van der Waals surface area contributed by atoms with Crippen molar-refractivity contribution >= 4 is 11.4 Å². The molecule has 3 unspecified atom stereocenters. The zero-order valence-corrected chi connectivity index (χ0v) is 9.08. The van der Waals surface area contributed by atoms with E-state index < -0.39 is 6.10 Å². The standard InChI is InChI=1S/C11H18N4O/c12-5-10-11(16)9(14)6-15(10)8-3-1-7(13)2-4-8/h1-4,9-11,16H,5-6,12-14H2. The Morgan fingerprint density at radius 3 is 2.50 bits per heavy atom. The Morgan fingerprint density at radius 1 is 1.31 bits per heavy atom. The van der Waals surface area contributed by atoms with E-state index in [1.54, 1.807) is 0 Å². The van der Waals surface area contributed by atoms with Gasteiger partial charge in [0.05, 0.1) is 18.2 Å². The van der Waals surface area contributed by atoms with Gasteiger partial charge in [-0.05, 0) is 24.3 Å². The number of nitrogens with two attached hydrogens (primary N) is 3. The van der Waals surface area contributed by atoms with Crippen molar-refractivity contribution in [2.45, 2.75) is 18.2 Å². The fourth-order valence-corrected chi connectivity index (χ4v) is 2.17. The maximum absolute atomic E-state index is 9.87. The molecule has 1 aliphatic heterocycles. The van der Waals surface area contributed by atoms with Gasteiger partial charge >= 0.3 is 0 Å². The minimum absolute atomic E-state index is 0.112. The van der Waals surface area contributed by atoms with E-state index in [0.29, 0.717) is 13.1 Å². The van der Waals surface area contributed by atoms with Crippen molar-refractivity contribution in [2.24, 2.45) is 11.5 Å². The lowest BCUT2D eigenvalue weighted by molar-refractivity contribution is 0.151. The monoisotopic (exact) mass is 222 g/mol. The maximum Gasteiger partial charge on any atom is 0.0923 e. The average Bonchev–Trinajstić information content (AvgIpc) is 2.56. The number of aliphatic hydroxyl groups is 1. The first-order valence-electron chi connectivity index (χ1n) is 5.39. The first-order valence-corrected chi connectivity index (χ1v) is 5.39. The summed E-state index contributed by atoms with van der Waals surface area (Å²) in [5, 5.41) is 9.87. The molecule has 88 valence electrons. The third-order valence-corrected chi connectivity index (χ3v) is 3.11. The second-order valence-electron chi connectivity index (χ2n) is 4.20. The van der Waals surface area contributed by atoms with Gasteiger partial charge in [0.25, 0.3) is 0 Å². The van der Waals surface area contributed by atoms with E-state index >= 15 is 0 Å². The van der Waals surface area contributed by atoms with Gasteiger partial charge in [0.1, 0.15) is 0 Å². The first-order chi connectivity index (χ1) is 7.63. The smallest absolute Gasteiger partial charge is 0.0923 e. The summed E-state index contributed by atoms with van der Waals surface area (Å²) in [6.45, 7) is 1.01. The largest absolute Gasteiger partial charge is 0.399 e. The number of benzene rings is 1. The molecule has 1 heterocycles. The number of nitrogen functional groups attached to an aromatic ring is 1. The molecule has 0 bridgehead atoms. The Bertz CT molecular complexity index is 354. The highest BCUT2D eigenvalue weighted by molar-refractivity contribution is 5.55. The second-order valence-corrected chi connectivity index (χ2v) is 4.20. The van der Waals surface area contributed by atoms with Crippen LogP contribution in [0.4, 0.5) is 11.4 Å². The zero-order chi connectivity index (χ0) is 11.7. The molecule has 5 heteroatoms. The summed E-state index contributed by atoms with van der Waals surface area (Å²) < 4.78 is 0. The van der Waals surface area contributed by atoms with Crippen molar-refractivity contribution in [3.05, 3.63) is 24.3 Å². The summed E-state index contributed by atoms with van der Waals surface area (Å²) in [6, 6.07) is 7.15. The van der Waals surface area contributed by atoms with Crippen molar-refractivity contribution in [3.8, 4) is 0 Å². The summed E-state index contributed by atoms with van der Waals surface area (Å²) in [4.78, 5) is 2.04. The lowest BCUT2D eigenvalue weighted by Gasteiger charge is -2.26. The summed E-state index contributed by atoms with van der Waals surface area (Å²) >= 11 is 0. The van der Waals surface area contributed by atoms with Crippen LogP contribution < -0.4 is 22.1 Å². The fraction of sp³-hybridized carbons (Fsp3) is 0.455. The molecule has 1 aromatic rings. The highest BCUT2D eigenvalue weighted by atomic mass is 16.3. The van der Waals surface area contributed by atoms with E-state index in [-0.39, 0.29) is 12.1 Å². The van der Waals surface area contributed by atoms with Crippen LogP contribution in [-0.4, -0.2) is 36.4 Å². The average molecular weight is 222 g/mol. The molecule has 16 heavy (non-hydrogen) atoms. The third kappa shape index (κ3) is 1.84. The minimum Gasteiger partial charge on any atom is -0.399 e. The van der Waals surface area contributed by atoms with Crippen LogP contribution in [0.1, 0.15) is 0 Å². The van der Waals surface area contributed by atoms with Gasteiger partial charge in [-0.3, -0.25) is 0 Å². The Hall–Kier alpha value is -1.30. The third-order valence-electron chi connectivity index (χ3n) is 3.11. The first kappa shape index (κ1) is 11.2. The van der Waals surface area contributed by atoms with Gasteiger partial charge in [-0.1, -0.05) is 0 Å². The molecular formula is C11H18N4O. The molecule has 1 fully saturated rings. The van der Waals surface area contributed by atoms with Gasteiger partial charge in [0, 0.05) is 24.5 Å². The highest BCUT2D eigenvalue weighted by Crippen LogP contribution is 2.25. The lowest BCUT2D eigenvalue weighted by Crippen LogP contribution is -2.43. The quantitative estimate of drug-likeness (QED) is 0.486. The van der Waals surface area contributed by atoms with Crippen molar-refractivity contribution in [3.63, 3.8) is 0 Å². The molecule has 0 saturated carbocycles. The highest BCUT2D eigenvalue weighted by Gasteiger charge is 2.37. The van der Waals surface area contributed by atoms with Crippen LogP contribution in [0.15, 0.2) is 24.3 Å². The Kier molecular flexibility index (Phi) is 3.00. The zero-order valence-electron chi connectivity index (χ0n) is 9.08. The SMILES string of the molecule is NCC1C(O)C(N)CN1c1ccc(N)cc1. The topological polar surface area (TPSA) is 102 Å². The van der Waals surface area contributed by atoms with Crippen molar-refractivity contribution in [2.75, 3.05) is 23.7 Å². The number of hydrogen-bond acceptors (Lipinski definition) is 5. The Labute approximate surface area is 94.8 Å². The minimum atomic E-state index is -0.567. The van der Waals surface area contributed by atoms with Crippen LogP contribution in [0.2, 0.25) is 0 Å². The van der Waals surface area contributed by atoms with Crippen LogP contribution >= 0.6 is 0 Å². The van der Waals surface area contributed by atoms with Gasteiger partial charge in [-0.15, -0.1) is 0 Å². The fourth-order valence-electron chi connectivity index (χ4n) is 2.17. The predicted molar refractivity (Wildman–Crippen MR) is 65.0 cm³/mol. The maximum atomic E-state index is 9.87. The van der Waals surface area contributed by atoms with Crippen molar-refractivity contribution in [1.29, 1.82) is 0 Å². The van der Waals surface area contributed by atoms with Gasteiger partial charge in [0.15, 0.2) is 0 Å². The molecule has 3 atom stereocenters. The molecule has 1 aromatic carbocycles. The molecule has 0 aliphatic carbocycles. The summed E-state index contributed by atoms with van der Waals surface area (Å²) in [5.41, 5.74) is 18.8. The number of anilines is 2. The summed E-state index contributed by atoms with van der Waals surface area (Å²) in [6.07, 6.45) is -0.567. The lowest BCUT2D eigenvalue weighted by atomic mass is 10.1. The number of nitrogens with zero attached hydrogens (tertiary/aromatic N) is 1. The van der Waals surface area contributed by atoms with Gasteiger partial charge in [0.2, 0.25) is 0 Å². The molecule has 0 aromatic heterocycles. The van der Waals surface area contributed by atoms with E-state index in [1.165, 1.54) is 0 Å². The Morgan fingerprint density at radius 2 is 1.94 bits per heavy atom. The summed E-state index contributed by atoms with van der Waals surface area (Å²) in [7, 11) is 0. The summed E-state index contributed by atoms with van der Waals surface area (Å²) in [5.74, 6) is 0. The van der Waals surface area contributed by atoms with Crippen molar-refractivity contribution < 1.29 is 5.11 Å². The molecule has 1 aliphatic rings. The molecule has 0 spiro atoms. The molecule has 5 nitrogen and oxygen atoms in total. The van der Waals surface area contributed by atoms with Crippen LogP contribution in [0.5, 0.6) is 0 Å². The van der Waals surface area contributed by atoms with Crippen LogP contribution in [0.25, 0.3) is 0 Å². The second kappa shape index (κ2) is 4.29. The van der Waals surface area contributed by atoms with Gasteiger partial charge < -0.3 is 27.2 Å². The molecule has 2 rings (SSSR count). The van der Waals surface area contributed by atoms with E-state index in [1.807, 2.05) is 29.2 Å². The molecular weight excluding hydrogens is 204 g/mol. The van der Waals surface area contributed by atoms with E-state index in [9.17, 15) is 5.11 Å². The van der Waals surface area contributed by atoms with Crippen LogP contribution in [-0.2, 0) is 0 Å². The van der Waals surface area contributed by atoms with Gasteiger partial charge in [-0.2, -0.15) is 0 Å². The van der Waals surface area contributed by atoms with Crippen LogP contribution in [0.3, 0.4) is 0 Å². The normalized spacial score (nSPS) is 29.7. The number of hydrogen-bond donors (Lipinski definition) is 4. The van der Waals surface area contributed by atoms with Crippen molar-refractivity contribution in [1.82, 2.24) is 0 Å². The molecule has 1 saturated heterocycles. The molecule has 0 amide bonds. The van der Waals surface area contributed by atoms with E-state index in [0.717, 1.165) is 11.4 Å².